The Bertz CT molecular complexity index is 534. The van der Waals surface area contributed by atoms with Crippen LogP contribution in [-0.2, 0) is 9.63 Å². The molecule has 27 heavy (non-hydrogen) atoms. The Morgan fingerprint density at radius 1 is 1.22 bits per heavy atom. The van der Waals surface area contributed by atoms with Crippen molar-refractivity contribution < 1.29 is 14.7 Å². The van der Waals surface area contributed by atoms with Gasteiger partial charge in [0, 0.05) is 13.0 Å². The van der Waals surface area contributed by atoms with Gasteiger partial charge in [0.15, 0.2) is 0 Å². The molecule has 0 aromatic heterocycles. The minimum atomic E-state index is -0.508. The molecular weight excluding hydrogens is 338 g/mol. The van der Waals surface area contributed by atoms with E-state index in [2.05, 4.69) is 13.8 Å². The Balaban J connectivity index is 1.71. The number of aliphatic hydroxyl groups is 1. The first-order valence-electron chi connectivity index (χ1n) is 11.3. The molecule has 0 aromatic carbocycles. The second kappa shape index (κ2) is 8.02. The van der Waals surface area contributed by atoms with Gasteiger partial charge in [-0.3, -0.25) is 9.63 Å². The van der Waals surface area contributed by atoms with Crippen molar-refractivity contribution in [3.63, 3.8) is 0 Å². The highest BCUT2D eigenvalue weighted by Gasteiger charge is 2.57. The first-order chi connectivity index (χ1) is 12.7. The third-order valence-corrected chi connectivity index (χ3v) is 8.91. The lowest BCUT2D eigenvalue weighted by atomic mass is 9.52. The first-order valence-corrected chi connectivity index (χ1v) is 11.3. The molecule has 3 saturated carbocycles. The Labute approximate surface area is 166 Å². The average molecular weight is 380 g/mol. The molecule has 0 radical (unpaired) electrons. The molecule has 4 heteroatoms. The van der Waals surface area contributed by atoms with Crippen molar-refractivity contribution in [1.82, 2.24) is 5.06 Å². The Morgan fingerprint density at radius 2 is 1.96 bits per heavy atom. The number of hydrogen-bond acceptors (Lipinski definition) is 3. The maximum absolute atomic E-state index is 12.9. The lowest BCUT2D eigenvalue weighted by molar-refractivity contribution is -0.179. The fourth-order valence-corrected chi connectivity index (χ4v) is 6.89. The molecule has 0 aromatic rings. The molecule has 3 fully saturated rings. The Kier molecular flexibility index (Phi) is 6.27. The van der Waals surface area contributed by atoms with Gasteiger partial charge in [-0.2, -0.15) is 0 Å². The van der Waals surface area contributed by atoms with Crippen molar-refractivity contribution >= 4 is 5.91 Å². The minimum absolute atomic E-state index is 0.120. The molecule has 0 saturated heterocycles. The smallest absolute Gasteiger partial charge is 0.249 e. The van der Waals surface area contributed by atoms with E-state index in [1.807, 2.05) is 6.92 Å². The summed E-state index contributed by atoms with van der Waals surface area (Å²) >= 11 is 0. The number of fused-ring (bicyclic) bond motifs is 3. The third-order valence-electron chi connectivity index (χ3n) is 8.91. The van der Waals surface area contributed by atoms with Crippen LogP contribution < -0.4 is 0 Å². The summed E-state index contributed by atoms with van der Waals surface area (Å²) in [7, 11) is 3.33. The number of hydroxylamine groups is 2. The van der Waals surface area contributed by atoms with Gasteiger partial charge in [0.05, 0.1) is 12.7 Å². The normalized spacial score (nSPS) is 40.7. The standard InChI is InChI=1S/C23H41NO3/c1-6-22(2,26)14-12-16-8-7-9-18-17(16)13-15-23(3)19(18)10-11-20(23)21(25)24(4)27-5/h16-20,26H,6-15H2,1-5H3/t16-,17-,18-,19+,20-,22?,23+/m1/s1. The predicted molar refractivity (Wildman–Crippen MR) is 108 cm³/mol. The van der Waals surface area contributed by atoms with Crippen LogP contribution in [0.15, 0.2) is 0 Å². The summed E-state index contributed by atoms with van der Waals surface area (Å²) in [6.45, 7) is 6.46. The van der Waals surface area contributed by atoms with Gasteiger partial charge in [-0.05, 0) is 87.4 Å². The topological polar surface area (TPSA) is 49.8 Å². The SMILES string of the molecule is CCC(C)(O)CC[C@H]1CCC[C@@H]2[C@@H]1CC[C@]1(C)[C@@H](C(=O)N(C)OC)CC[C@@H]21. The fourth-order valence-electron chi connectivity index (χ4n) is 6.89. The Hall–Kier alpha value is -0.610. The summed E-state index contributed by atoms with van der Waals surface area (Å²) in [4.78, 5) is 18.1. The highest BCUT2D eigenvalue weighted by molar-refractivity contribution is 5.79. The minimum Gasteiger partial charge on any atom is -0.390 e. The second-order valence-electron chi connectivity index (χ2n) is 10.2. The molecule has 4 nitrogen and oxygen atoms in total. The van der Waals surface area contributed by atoms with Gasteiger partial charge in [-0.15, -0.1) is 0 Å². The number of carbonyl (C=O) groups excluding carboxylic acids is 1. The van der Waals surface area contributed by atoms with Crippen LogP contribution in [0, 0.1) is 35.0 Å². The number of rotatable bonds is 6. The largest absolute Gasteiger partial charge is 0.390 e. The highest BCUT2D eigenvalue weighted by atomic mass is 16.7. The van der Waals surface area contributed by atoms with Gasteiger partial charge < -0.3 is 5.11 Å². The zero-order valence-electron chi connectivity index (χ0n) is 18.2. The summed E-state index contributed by atoms with van der Waals surface area (Å²) in [5.74, 6) is 3.33. The molecule has 3 rings (SSSR count). The second-order valence-corrected chi connectivity index (χ2v) is 10.2. The summed E-state index contributed by atoms with van der Waals surface area (Å²) in [6, 6.07) is 0. The van der Waals surface area contributed by atoms with E-state index in [1.165, 1.54) is 50.0 Å². The molecule has 3 aliphatic rings. The molecular formula is C23H41NO3. The van der Waals surface area contributed by atoms with E-state index in [0.29, 0.717) is 5.92 Å². The lowest BCUT2D eigenvalue weighted by Crippen LogP contribution is -2.48. The van der Waals surface area contributed by atoms with E-state index in [9.17, 15) is 9.90 Å². The summed E-state index contributed by atoms with van der Waals surface area (Å²) < 4.78 is 0. The highest BCUT2D eigenvalue weighted by Crippen LogP contribution is 2.63. The summed E-state index contributed by atoms with van der Waals surface area (Å²) in [5.41, 5.74) is -0.367. The molecule has 7 atom stereocenters. The van der Waals surface area contributed by atoms with E-state index < -0.39 is 5.60 Å². The van der Waals surface area contributed by atoms with Crippen LogP contribution in [0.4, 0.5) is 0 Å². The van der Waals surface area contributed by atoms with Gasteiger partial charge in [-0.1, -0.05) is 26.7 Å². The van der Waals surface area contributed by atoms with E-state index in [4.69, 9.17) is 4.84 Å². The lowest BCUT2D eigenvalue weighted by Gasteiger charge is -2.53. The van der Waals surface area contributed by atoms with Gasteiger partial charge in [-0.25, -0.2) is 5.06 Å². The van der Waals surface area contributed by atoms with Crippen LogP contribution in [0.2, 0.25) is 0 Å². The molecule has 0 bridgehead atoms. The van der Waals surface area contributed by atoms with Crippen molar-refractivity contribution in [3.05, 3.63) is 0 Å². The maximum Gasteiger partial charge on any atom is 0.249 e. The molecule has 3 aliphatic carbocycles. The Morgan fingerprint density at radius 3 is 2.63 bits per heavy atom. The van der Waals surface area contributed by atoms with Gasteiger partial charge in [0.2, 0.25) is 5.91 Å². The van der Waals surface area contributed by atoms with E-state index in [-0.39, 0.29) is 17.2 Å². The molecule has 156 valence electrons. The maximum atomic E-state index is 12.9. The predicted octanol–water partition coefficient (Wildman–Crippen LogP) is 4.81. The molecule has 1 unspecified atom stereocenters. The van der Waals surface area contributed by atoms with Gasteiger partial charge in [0.25, 0.3) is 0 Å². The molecule has 0 aliphatic heterocycles. The van der Waals surface area contributed by atoms with E-state index >= 15 is 0 Å². The number of hydrogen-bond donors (Lipinski definition) is 1. The van der Waals surface area contributed by atoms with Crippen LogP contribution in [0.3, 0.4) is 0 Å². The van der Waals surface area contributed by atoms with Gasteiger partial charge in [0.1, 0.15) is 0 Å². The van der Waals surface area contributed by atoms with Crippen molar-refractivity contribution in [2.45, 2.75) is 90.6 Å². The van der Waals surface area contributed by atoms with Crippen molar-refractivity contribution in [3.8, 4) is 0 Å². The van der Waals surface area contributed by atoms with E-state index in [1.54, 1.807) is 14.2 Å². The van der Waals surface area contributed by atoms with Gasteiger partial charge >= 0.3 is 0 Å². The fraction of sp³-hybridized carbons (Fsp3) is 0.957. The van der Waals surface area contributed by atoms with Crippen LogP contribution in [0.25, 0.3) is 0 Å². The molecule has 0 spiro atoms. The molecule has 0 heterocycles. The van der Waals surface area contributed by atoms with Crippen LogP contribution in [0.1, 0.15) is 85.0 Å². The average Bonchev–Trinajstić information content (AvgIpc) is 3.02. The van der Waals surface area contributed by atoms with E-state index in [0.717, 1.165) is 37.0 Å². The number of amides is 1. The number of carbonyl (C=O) groups is 1. The van der Waals surface area contributed by atoms with Crippen molar-refractivity contribution in [2.24, 2.45) is 35.0 Å². The van der Waals surface area contributed by atoms with Crippen LogP contribution >= 0.6 is 0 Å². The third kappa shape index (κ3) is 3.94. The summed E-state index contributed by atoms with van der Waals surface area (Å²) in [6.07, 6.45) is 11.6. The quantitative estimate of drug-likeness (QED) is 0.674. The molecule has 1 amide bonds. The first kappa shape index (κ1) is 21.1. The summed E-state index contributed by atoms with van der Waals surface area (Å²) in [5, 5.41) is 11.9. The van der Waals surface area contributed by atoms with Crippen molar-refractivity contribution in [1.29, 1.82) is 0 Å². The van der Waals surface area contributed by atoms with Crippen molar-refractivity contribution in [2.75, 3.05) is 14.2 Å². The van der Waals surface area contributed by atoms with Crippen LogP contribution in [0.5, 0.6) is 0 Å². The monoisotopic (exact) mass is 379 g/mol. The zero-order valence-corrected chi connectivity index (χ0v) is 18.2. The number of nitrogens with zero attached hydrogens (tertiary/aromatic N) is 1. The zero-order chi connectivity index (χ0) is 19.8. The molecule has 1 N–H and O–H groups in total. The van der Waals surface area contributed by atoms with Crippen LogP contribution in [-0.4, -0.2) is 35.8 Å².